The van der Waals surface area contributed by atoms with Crippen molar-refractivity contribution in [3.8, 4) is 0 Å². The van der Waals surface area contributed by atoms with Crippen LogP contribution < -0.4 is 5.32 Å². The van der Waals surface area contributed by atoms with Crippen molar-refractivity contribution in [1.82, 2.24) is 5.32 Å². The first-order valence-corrected chi connectivity index (χ1v) is 7.01. The Bertz CT molecular complexity index is 208. The zero-order valence-electron chi connectivity index (χ0n) is 8.45. The predicted octanol–water partition coefficient (Wildman–Crippen LogP) is 0.258. The lowest BCUT2D eigenvalue weighted by Gasteiger charge is -2.23. The highest BCUT2D eigenvalue weighted by Crippen LogP contribution is 2.32. The third-order valence-electron chi connectivity index (χ3n) is 3.17. The molecule has 0 aromatic rings. The van der Waals surface area contributed by atoms with E-state index in [1.165, 1.54) is 12.8 Å². The van der Waals surface area contributed by atoms with Gasteiger partial charge < -0.3 is 10.4 Å². The SMILES string of the molecule is O=S1CCC(NCC(O)C2CC2)CC1. The Labute approximate surface area is 87.7 Å². The quantitative estimate of drug-likeness (QED) is 0.710. The van der Waals surface area contributed by atoms with E-state index in [1.54, 1.807) is 0 Å². The Morgan fingerprint density at radius 1 is 1.29 bits per heavy atom. The van der Waals surface area contributed by atoms with Crippen LogP contribution in [0.15, 0.2) is 0 Å². The molecule has 0 spiro atoms. The predicted molar refractivity (Wildman–Crippen MR) is 57.6 cm³/mol. The van der Waals surface area contributed by atoms with Crippen LogP contribution in [0, 0.1) is 5.92 Å². The molecule has 1 unspecified atom stereocenters. The molecule has 82 valence electrons. The zero-order chi connectivity index (χ0) is 9.97. The van der Waals surface area contributed by atoms with Crippen molar-refractivity contribution in [2.24, 2.45) is 5.92 Å². The number of rotatable bonds is 4. The molecule has 2 rings (SSSR count). The van der Waals surface area contributed by atoms with Gasteiger partial charge in [-0.2, -0.15) is 0 Å². The Morgan fingerprint density at radius 2 is 1.93 bits per heavy atom. The van der Waals surface area contributed by atoms with E-state index in [1.807, 2.05) is 0 Å². The van der Waals surface area contributed by atoms with Crippen LogP contribution in [0.3, 0.4) is 0 Å². The van der Waals surface area contributed by atoms with E-state index in [2.05, 4.69) is 5.32 Å². The number of hydrogen-bond acceptors (Lipinski definition) is 3. The van der Waals surface area contributed by atoms with Crippen molar-refractivity contribution in [3.05, 3.63) is 0 Å². The highest BCUT2D eigenvalue weighted by atomic mass is 32.2. The molecular weight excluding hydrogens is 198 g/mol. The molecule has 2 aliphatic rings. The van der Waals surface area contributed by atoms with Crippen LogP contribution in [0.1, 0.15) is 25.7 Å². The van der Waals surface area contributed by atoms with Gasteiger partial charge >= 0.3 is 0 Å². The summed E-state index contributed by atoms with van der Waals surface area (Å²) in [4.78, 5) is 0. The second kappa shape index (κ2) is 4.73. The molecule has 0 bridgehead atoms. The molecular formula is C10H19NO2S. The summed E-state index contributed by atoms with van der Waals surface area (Å²) in [5, 5.41) is 13.0. The first-order chi connectivity index (χ1) is 6.75. The van der Waals surface area contributed by atoms with Crippen LogP contribution in [-0.4, -0.2) is 39.5 Å². The highest BCUT2D eigenvalue weighted by Gasteiger charge is 2.30. The monoisotopic (exact) mass is 217 g/mol. The van der Waals surface area contributed by atoms with Crippen molar-refractivity contribution >= 4 is 10.8 Å². The van der Waals surface area contributed by atoms with Crippen molar-refractivity contribution in [2.75, 3.05) is 18.1 Å². The summed E-state index contributed by atoms with van der Waals surface area (Å²) in [6, 6.07) is 0.487. The largest absolute Gasteiger partial charge is 0.392 e. The van der Waals surface area contributed by atoms with Crippen molar-refractivity contribution < 1.29 is 9.32 Å². The summed E-state index contributed by atoms with van der Waals surface area (Å²) in [5.41, 5.74) is 0. The first-order valence-electron chi connectivity index (χ1n) is 5.52. The molecule has 1 aliphatic heterocycles. The molecule has 1 heterocycles. The fourth-order valence-corrected chi connectivity index (χ4v) is 3.23. The molecule has 1 saturated heterocycles. The average Bonchev–Trinajstić information content (AvgIpc) is 3.00. The van der Waals surface area contributed by atoms with Crippen LogP contribution >= 0.6 is 0 Å². The average molecular weight is 217 g/mol. The normalized spacial score (nSPS) is 35.5. The van der Waals surface area contributed by atoms with Gasteiger partial charge in [0.25, 0.3) is 0 Å². The lowest BCUT2D eigenvalue weighted by Crippen LogP contribution is -2.40. The minimum absolute atomic E-state index is 0.151. The van der Waals surface area contributed by atoms with Gasteiger partial charge in [-0.25, -0.2) is 0 Å². The third kappa shape index (κ3) is 3.04. The second-order valence-corrected chi connectivity index (χ2v) is 6.13. The van der Waals surface area contributed by atoms with Crippen LogP contribution in [0.25, 0.3) is 0 Å². The minimum Gasteiger partial charge on any atom is -0.392 e. The van der Waals surface area contributed by atoms with Crippen molar-refractivity contribution in [2.45, 2.75) is 37.8 Å². The lowest BCUT2D eigenvalue weighted by atomic mass is 10.1. The van der Waals surface area contributed by atoms with E-state index < -0.39 is 10.8 Å². The fraction of sp³-hybridized carbons (Fsp3) is 1.00. The Balaban J connectivity index is 1.62. The molecule has 1 saturated carbocycles. The molecule has 2 fully saturated rings. The van der Waals surface area contributed by atoms with Crippen LogP contribution in [0.5, 0.6) is 0 Å². The molecule has 1 aliphatic carbocycles. The summed E-state index contributed by atoms with van der Waals surface area (Å²) in [5.74, 6) is 2.22. The van der Waals surface area contributed by atoms with E-state index >= 15 is 0 Å². The van der Waals surface area contributed by atoms with Gasteiger partial charge in [0.05, 0.1) is 6.10 Å². The van der Waals surface area contributed by atoms with Crippen molar-refractivity contribution in [1.29, 1.82) is 0 Å². The van der Waals surface area contributed by atoms with Crippen LogP contribution in [0.2, 0.25) is 0 Å². The summed E-state index contributed by atoms with van der Waals surface area (Å²) >= 11 is 0. The third-order valence-corrected chi connectivity index (χ3v) is 4.55. The van der Waals surface area contributed by atoms with E-state index in [9.17, 15) is 9.32 Å². The lowest BCUT2D eigenvalue weighted by molar-refractivity contribution is 0.144. The fourth-order valence-electron chi connectivity index (χ4n) is 1.93. The Hall–Kier alpha value is 0.0700. The maximum Gasteiger partial charge on any atom is 0.0692 e. The molecule has 0 aromatic carbocycles. The molecule has 0 amide bonds. The summed E-state index contributed by atoms with van der Waals surface area (Å²) in [7, 11) is -0.574. The number of nitrogens with one attached hydrogen (secondary N) is 1. The maximum atomic E-state index is 11.1. The molecule has 0 aromatic heterocycles. The Morgan fingerprint density at radius 3 is 2.50 bits per heavy atom. The standard InChI is InChI=1S/C10H19NO2S/c12-10(8-1-2-8)7-11-9-3-5-14(13)6-4-9/h8-12H,1-7H2. The van der Waals surface area contributed by atoms with E-state index in [0.29, 0.717) is 12.0 Å². The smallest absolute Gasteiger partial charge is 0.0692 e. The number of aliphatic hydroxyl groups excluding tert-OH is 1. The topological polar surface area (TPSA) is 49.3 Å². The zero-order valence-corrected chi connectivity index (χ0v) is 9.26. The van der Waals surface area contributed by atoms with Gasteiger partial charge in [-0.05, 0) is 31.6 Å². The molecule has 3 nitrogen and oxygen atoms in total. The number of aliphatic hydroxyl groups is 1. The van der Waals surface area contributed by atoms with Gasteiger partial charge in [0, 0.05) is 34.9 Å². The van der Waals surface area contributed by atoms with Gasteiger partial charge in [-0.3, -0.25) is 4.21 Å². The van der Waals surface area contributed by atoms with Crippen molar-refractivity contribution in [3.63, 3.8) is 0 Å². The molecule has 0 radical (unpaired) electrons. The first kappa shape index (κ1) is 10.6. The Kier molecular flexibility index (Phi) is 3.57. The maximum absolute atomic E-state index is 11.1. The molecule has 14 heavy (non-hydrogen) atoms. The van der Waals surface area contributed by atoms with E-state index in [-0.39, 0.29) is 6.10 Å². The van der Waals surface area contributed by atoms with Gasteiger partial charge in [-0.1, -0.05) is 0 Å². The van der Waals surface area contributed by atoms with E-state index in [4.69, 9.17) is 0 Å². The van der Waals surface area contributed by atoms with Gasteiger partial charge in [0.2, 0.25) is 0 Å². The molecule has 4 heteroatoms. The highest BCUT2D eigenvalue weighted by molar-refractivity contribution is 7.85. The summed E-state index contributed by atoms with van der Waals surface area (Å²) < 4.78 is 11.1. The van der Waals surface area contributed by atoms with E-state index in [0.717, 1.165) is 30.9 Å². The minimum atomic E-state index is -0.574. The number of hydrogen-bond donors (Lipinski definition) is 2. The molecule has 1 atom stereocenters. The summed E-state index contributed by atoms with van der Waals surface area (Å²) in [6.45, 7) is 0.724. The van der Waals surface area contributed by atoms with Gasteiger partial charge in [0.15, 0.2) is 0 Å². The molecule has 2 N–H and O–H groups in total. The van der Waals surface area contributed by atoms with Crippen LogP contribution in [-0.2, 0) is 10.8 Å². The van der Waals surface area contributed by atoms with Gasteiger partial charge in [-0.15, -0.1) is 0 Å². The van der Waals surface area contributed by atoms with Crippen LogP contribution in [0.4, 0.5) is 0 Å². The second-order valence-electron chi connectivity index (χ2n) is 4.44. The van der Waals surface area contributed by atoms with Gasteiger partial charge in [0.1, 0.15) is 0 Å². The summed E-state index contributed by atoms with van der Waals surface area (Å²) in [6.07, 6.45) is 4.24.